The number of ether oxygens (including phenoxy) is 3. The van der Waals surface area contributed by atoms with Crippen LogP contribution in [0.2, 0.25) is 0 Å². The summed E-state index contributed by atoms with van der Waals surface area (Å²) in [4.78, 5) is 0. The van der Waals surface area contributed by atoms with Gasteiger partial charge < -0.3 is 19.5 Å². The van der Waals surface area contributed by atoms with Gasteiger partial charge in [-0.25, -0.2) is 0 Å². The fourth-order valence-corrected chi connectivity index (χ4v) is 1.37. The second-order valence-corrected chi connectivity index (χ2v) is 3.89. The minimum absolute atomic E-state index is 0.330. The molecule has 1 atom stereocenters. The first-order valence-electron chi connectivity index (χ1n) is 6.14. The molecule has 4 heteroatoms. The predicted octanol–water partition coefficient (Wildman–Crippen LogP) is 1.44. The van der Waals surface area contributed by atoms with Gasteiger partial charge in [0.15, 0.2) is 0 Å². The molecule has 0 aromatic carbocycles. The highest BCUT2D eigenvalue weighted by Crippen LogP contribution is 2.00. The van der Waals surface area contributed by atoms with Gasteiger partial charge in [0, 0.05) is 20.3 Å². The smallest absolute Gasteiger partial charge is 0.0704 e. The summed E-state index contributed by atoms with van der Waals surface area (Å²) < 4.78 is 15.9. The van der Waals surface area contributed by atoms with E-state index < -0.39 is 0 Å². The molecule has 0 bridgehead atoms. The lowest BCUT2D eigenvalue weighted by Crippen LogP contribution is -2.16. The maximum absolute atomic E-state index is 5.61. The van der Waals surface area contributed by atoms with E-state index in [1.54, 1.807) is 7.11 Å². The Kier molecular flexibility index (Phi) is 12.8. The molecule has 0 aliphatic rings. The van der Waals surface area contributed by atoms with E-state index in [9.17, 15) is 0 Å². The van der Waals surface area contributed by atoms with E-state index in [2.05, 4.69) is 12.2 Å². The van der Waals surface area contributed by atoms with Gasteiger partial charge >= 0.3 is 0 Å². The molecule has 0 saturated heterocycles. The molecule has 0 aliphatic carbocycles. The summed E-state index contributed by atoms with van der Waals surface area (Å²) in [5, 5.41) is 3.13. The number of rotatable bonds is 12. The van der Waals surface area contributed by atoms with Crippen LogP contribution in [0.5, 0.6) is 0 Å². The maximum atomic E-state index is 5.61. The van der Waals surface area contributed by atoms with Gasteiger partial charge in [0.1, 0.15) is 0 Å². The summed E-state index contributed by atoms with van der Waals surface area (Å²) >= 11 is 0. The minimum atomic E-state index is 0.330. The fraction of sp³-hybridized carbons (Fsp3) is 1.00. The monoisotopic (exact) mass is 233 g/mol. The van der Waals surface area contributed by atoms with Crippen LogP contribution in [0.1, 0.15) is 26.2 Å². The molecule has 0 spiro atoms. The van der Waals surface area contributed by atoms with Gasteiger partial charge in [-0.3, -0.25) is 0 Å². The zero-order valence-corrected chi connectivity index (χ0v) is 11.0. The Morgan fingerprint density at radius 3 is 2.56 bits per heavy atom. The molecule has 0 aliphatic heterocycles. The third-order valence-corrected chi connectivity index (χ3v) is 2.30. The van der Waals surface area contributed by atoms with Crippen LogP contribution in [0.15, 0.2) is 0 Å². The summed E-state index contributed by atoms with van der Waals surface area (Å²) in [5.41, 5.74) is 0. The molecule has 0 saturated carbocycles. The summed E-state index contributed by atoms with van der Waals surface area (Å²) in [7, 11) is 3.68. The summed E-state index contributed by atoms with van der Waals surface area (Å²) in [6.45, 7) is 6.06. The lowest BCUT2D eigenvalue weighted by atomic mass is 10.2. The SMILES string of the molecule is CNCCCC(C)OCCOCCCOC. The summed E-state index contributed by atoms with van der Waals surface area (Å²) in [6, 6.07) is 0. The summed E-state index contributed by atoms with van der Waals surface area (Å²) in [6.07, 6.45) is 3.54. The topological polar surface area (TPSA) is 39.7 Å². The molecule has 0 radical (unpaired) electrons. The van der Waals surface area contributed by atoms with Gasteiger partial charge in [-0.15, -0.1) is 0 Å². The molecule has 1 N–H and O–H groups in total. The van der Waals surface area contributed by atoms with Gasteiger partial charge in [-0.05, 0) is 39.8 Å². The van der Waals surface area contributed by atoms with Crippen LogP contribution in [0.25, 0.3) is 0 Å². The first kappa shape index (κ1) is 15.8. The Hall–Kier alpha value is -0.160. The Balaban J connectivity index is 3.06. The van der Waals surface area contributed by atoms with Crippen molar-refractivity contribution in [2.24, 2.45) is 0 Å². The maximum Gasteiger partial charge on any atom is 0.0704 e. The summed E-state index contributed by atoms with van der Waals surface area (Å²) in [5.74, 6) is 0. The lowest BCUT2D eigenvalue weighted by molar-refractivity contribution is 0.00500. The van der Waals surface area contributed by atoms with Crippen molar-refractivity contribution in [1.29, 1.82) is 0 Å². The Morgan fingerprint density at radius 2 is 1.88 bits per heavy atom. The molecule has 0 aromatic heterocycles. The van der Waals surface area contributed by atoms with Crippen LogP contribution in [0, 0.1) is 0 Å². The standard InChI is InChI=1S/C12H27NO3/c1-12(6-4-7-13-2)16-11-10-15-9-5-8-14-3/h12-13H,4-11H2,1-3H3. The van der Waals surface area contributed by atoms with Crippen LogP contribution >= 0.6 is 0 Å². The quantitative estimate of drug-likeness (QED) is 0.518. The molecule has 1 unspecified atom stereocenters. The molecule has 0 aromatic rings. The fourth-order valence-electron chi connectivity index (χ4n) is 1.37. The normalized spacial score (nSPS) is 12.9. The Labute approximate surface area is 99.6 Å². The third-order valence-electron chi connectivity index (χ3n) is 2.30. The molecule has 4 nitrogen and oxygen atoms in total. The van der Waals surface area contributed by atoms with Gasteiger partial charge in [-0.2, -0.15) is 0 Å². The van der Waals surface area contributed by atoms with Crippen molar-refractivity contribution in [3.05, 3.63) is 0 Å². The average Bonchev–Trinajstić information content (AvgIpc) is 2.28. The number of hydrogen-bond acceptors (Lipinski definition) is 4. The molecule has 0 amide bonds. The van der Waals surface area contributed by atoms with Crippen molar-refractivity contribution < 1.29 is 14.2 Å². The van der Waals surface area contributed by atoms with E-state index in [4.69, 9.17) is 14.2 Å². The van der Waals surface area contributed by atoms with Crippen LogP contribution in [-0.4, -0.2) is 53.2 Å². The first-order chi connectivity index (χ1) is 7.81. The van der Waals surface area contributed by atoms with E-state index in [0.717, 1.165) is 39.0 Å². The van der Waals surface area contributed by atoms with Crippen LogP contribution in [-0.2, 0) is 14.2 Å². The van der Waals surface area contributed by atoms with Crippen LogP contribution in [0.3, 0.4) is 0 Å². The van der Waals surface area contributed by atoms with E-state index >= 15 is 0 Å². The van der Waals surface area contributed by atoms with Crippen molar-refractivity contribution in [3.63, 3.8) is 0 Å². The molecule has 16 heavy (non-hydrogen) atoms. The van der Waals surface area contributed by atoms with E-state index in [0.29, 0.717) is 19.3 Å². The van der Waals surface area contributed by atoms with E-state index in [1.807, 2.05) is 7.05 Å². The van der Waals surface area contributed by atoms with Gasteiger partial charge in [0.25, 0.3) is 0 Å². The molecule has 98 valence electrons. The lowest BCUT2D eigenvalue weighted by Gasteiger charge is -2.12. The van der Waals surface area contributed by atoms with Crippen LogP contribution < -0.4 is 5.32 Å². The van der Waals surface area contributed by atoms with Crippen molar-refractivity contribution >= 4 is 0 Å². The van der Waals surface area contributed by atoms with E-state index in [1.165, 1.54) is 0 Å². The second kappa shape index (κ2) is 12.9. The third kappa shape index (κ3) is 11.9. The van der Waals surface area contributed by atoms with Crippen molar-refractivity contribution in [2.45, 2.75) is 32.3 Å². The molecule has 0 heterocycles. The largest absolute Gasteiger partial charge is 0.385 e. The Morgan fingerprint density at radius 1 is 1.06 bits per heavy atom. The molecule has 0 rings (SSSR count). The van der Waals surface area contributed by atoms with Crippen molar-refractivity contribution in [1.82, 2.24) is 5.32 Å². The molecule has 0 fully saturated rings. The van der Waals surface area contributed by atoms with Crippen molar-refractivity contribution in [3.8, 4) is 0 Å². The molecular formula is C12H27NO3. The van der Waals surface area contributed by atoms with E-state index in [-0.39, 0.29) is 0 Å². The van der Waals surface area contributed by atoms with Gasteiger partial charge in [0.05, 0.1) is 19.3 Å². The average molecular weight is 233 g/mol. The highest BCUT2D eigenvalue weighted by atomic mass is 16.5. The second-order valence-electron chi connectivity index (χ2n) is 3.89. The van der Waals surface area contributed by atoms with Crippen molar-refractivity contribution in [2.75, 3.05) is 47.1 Å². The van der Waals surface area contributed by atoms with Crippen LogP contribution in [0.4, 0.5) is 0 Å². The zero-order chi connectivity index (χ0) is 12.1. The minimum Gasteiger partial charge on any atom is -0.385 e. The number of hydrogen-bond donors (Lipinski definition) is 1. The zero-order valence-electron chi connectivity index (χ0n) is 11.0. The highest BCUT2D eigenvalue weighted by Gasteiger charge is 2.00. The predicted molar refractivity (Wildman–Crippen MR) is 65.9 cm³/mol. The first-order valence-corrected chi connectivity index (χ1v) is 6.14. The van der Waals surface area contributed by atoms with Gasteiger partial charge in [-0.1, -0.05) is 0 Å². The molecular weight excluding hydrogens is 206 g/mol. The number of nitrogens with one attached hydrogen (secondary N) is 1. The highest BCUT2D eigenvalue weighted by molar-refractivity contribution is 4.52. The number of methoxy groups -OCH3 is 1. The van der Waals surface area contributed by atoms with Gasteiger partial charge in [0.2, 0.25) is 0 Å². The Bertz CT molecular complexity index is 133.